The van der Waals surface area contributed by atoms with E-state index in [9.17, 15) is 8.78 Å². The quantitative estimate of drug-likeness (QED) is 0.854. The average molecular weight is 226 g/mol. The number of rotatable bonds is 2. The van der Waals surface area contributed by atoms with Gasteiger partial charge < -0.3 is 5.73 Å². The molecule has 2 N–H and O–H groups in total. The van der Waals surface area contributed by atoms with Crippen molar-refractivity contribution in [1.29, 1.82) is 0 Å². The number of thiazole rings is 1. The van der Waals surface area contributed by atoms with Crippen LogP contribution in [0.15, 0.2) is 29.8 Å². The SMILES string of the molecule is NC(c1nccs1)c1cccc(F)c1F. The molecule has 1 unspecified atom stereocenters. The minimum atomic E-state index is -0.903. The van der Waals surface area contributed by atoms with Crippen LogP contribution in [0.2, 0.25) is 0 Å². The van der Waals surface area contributed by atoms with Crippen molar-refractivity contribution in [3.8, 4) is 0 Å². The monoisotopic (exact) mass is 226 g/mol. The minimum Gasteiger partial charge on any atom is -0.318 e. The van der Waals surface area contributed by atoms with E-state index in [0.717, 1.165) is 6.07 Å². The van der Waals surface area contributed by atoms with Crippen LogP contribution in [0, 0.1) is 11.6 Å². The lowest BCUT2D eigenvalue weighted by Gasteiger charge is -2.09. The van der Waals surface area contributed by atoms with E-state index < -0.39 is 17.7 Å². The summed E-state index contributed by atoms with van der Waals surface area (Å²) in [4.78, 5) is 3.97. The highest BCUT2D eigenvalue weighted by atomic mass is 32.1. The molecule has 0 radical (unpaired) electrons. The van der Waals surface area contributed by atoms with Crippen molar-refractivity contribution in [3.05, 3.63) is 52.0 Å². The van der Waals surface area contributed by atoms with Gasteiger partial charge in [-0.25, -0.2) is 13.8 Å². The highest BCUT2D eigenvalue weighted by molar-refractivity contribution is 7.09. The fourth-order valence-corrected chi connectivity index (χ4v) is 1.94. The maximum atomic E-state index is 13.4. The molecule has 0 aliphatic rings. The summed E-state index contributed by atoms with van der Waals surface area (Å²) in [5.74, 6) is -1.79. The van der Waals surface area contributed by atoms with Crippen LogP contribution in [0.25, 0.3) is 0 Å². The summed E-state index contributed by atoms with van der Waals surface area (Å²) in [6.45, 7) is 0. The molecule has 0 fully saturated rings. The number of nitrogens with zero attached hydrogens (tertiary/aromatic N) is 1. The lowest BCUT2D eigenvalue weighted by Crippen LogP contribution is -2.14. The topological polar surface area (TPSA) is 38.9 Å². The summed E-state index contributed by atoms with van der Waals surface area (Å²) in [5.41, 5.74) is 5.90. The van der Waals surface area contributed by atoms with E-state index >= 15 is 0 Å². The van der Waals surface area contributed by atoms with Gasteiger partial charge in [0.25, 0.3) is 0 Å². The van der Waals surface area contributed by atoms with E-state index in [2.05, 4.69) is 4.98 Å². The van der Waals surface area contributed by atoms with Crippen molar-refractivity contribution >= 4 is 11.3 Å². The predicted molar refractivity (Wildman–Crippen MR) is 54.5 cm³/mol. The van der Waals surface area contributed by atoms with E-state index in [-0.39, 0.29) is 5.56 Å². The third kappa shape index (κ3) is 1.88. The first-order valence-corrected chi connectivity index (χ1v) is 5.17. The third-order valence-electron chi connectivity index (χ3n) is 2.03. The number of hydrogen-bond donors (Lipinski definition) is 1. The van der Waals surface area contributed by atoms with Gasteiger partial charge >= 0.3 is 0 Å². The number of halogens is 2. The standard InChI is InChI=1S/C10H8F2N2S/c11-7-3-1-2-6(8(7)12)9(13)10-14-4-5-15-10/h1-5,9H,13H2. The first kappa shape index (κ1) is 10.2. The summed E-state index contributed by atoms with van der Waals surface area (Å²) in [5, 5.41) is 2.31. The molecule has 2 rings (SSSR count). The van der Waals surface area contributed by atoms with Crippen LogP contribution in [0.3, 0.4) is 0 Å². The van der Waals surface area contributed by atoms with Crippen molar-refractivity contribution < 1.29 is 8.78 Å². The normalized spacial score (nSPS) is 12.7. The van der Waals surface area contributed by atoms with Gasteiger partial charge in [-0.15, -0.1) is 11.3 Å². The van der Waals surface area contributed by atoms with Crippen LogP contribution < -0.4 is 5.73 Å². The average Bonchev–Trinajstić information content (AvgIpc) is 2.74. The summed E-state index contributed by atoms with van der Waals surface area (Å²) in [6.07, 6.45) is 1.58. The number of aromatic nitrogens is 1. The Morgan fingerprint density at radius 1 is 1.33 bits per heavy atom. The first-order valence-electron chi connectivity index (χ1n) is 4.29. The first-order chi connectivity index (χ1) is 7.20. The molecule has 0 saturated heterocycles. The van der Waals surface area contributed by atoms with E-state index in [4.69, 9.17) is 5.73 Å². The molecule has 2 nitrogen and oxygen atoms in total. The summed E-state index contributed by atoms with van der Waals surface area (Å²) < 4.78 is 26.3. The Labute approximate surface area is 89.4 Å². The van der Waals surface area contributed by atoms with Crippen molar-refractivity contribution in [2.75, 3.05) is 0 Å². The molecule has 2 aromatic rings. The van der Waals surface area contributed by atoms with Gasteiger partial charge in [0, 0.05) is 17.1 Å². The molecular weight excluding hydrogens is 218 g/mol. The molecule has 1 aromatic heterocycles. The van der Waals surface area contributed by atoms with Crippen molar-refractivity contribution in [2.45, 2.75) is 6.04 Å². The lowest BCUT2D eigenvalue weighted by molar-refractivity contribution is 0.494. The van der Waals surface area contributed by atoms with Gasteiger partial charge in [0.05, 0.1) is 6.04 Å². The van der Waals surface area contributed by atoms with Gasteiger partial charge in [0.2, 0.25) is 0 Å². The zero-order chi connectivity index (χ0) is 10.8. The summed E-state index contributed by atoms with van der Waals surface area (Å²) in [6, 6.07) is 3.25. The molecule has 1 aromatic carbocycles. The van der Waals surface area contributed by atoms with Crippen molar-refractivity contribution in [2.24, 2.45) is 5.73 Å². The highest BCUT2D eigenvalue weighted by Gasteiger charge is 2.17. The lowest BCUT2D eigenvalue weighted by atomic mass is 10.1. The second-order valence-corrected chi connectivity index (χ2v) is 3.92. The van der Waals surface area contributed by atoms with E-state index in [1.54, 1.807) is 11.6 Å². The van der Waals surface area contributed by atoms with E-state index in [1.807, 2.05) is 0 Å². The van der Waals surface area contributed by atoms with Gasteiger partial charge in [-0.05, 0) is 6.07 Å². The number of benzene rings is 1. The van der Waals surface area contributed by atoms with Gasteiger partial charge in [0.15, 0.2) is 11.6 Å². The maximum Gasteiger partial charge on any atom is 0.164 e. The van der Waals surface area contributed by atoms with E-state index in [0.29, 0.717) is 5.01 Å². The Morgan fingerprint density at radius 2 is 2.13 bits per heavy atom. The Kier molecular flexibility index (Phi) is 2.75. The van der Waals surface area contributed by atoms with Crippen LogP contribution in [-0.4, -0.2) is 4.98 Å². The van der Waals surface area contributed by atoms with Crippen LogP contribution in [0.1, 0.15) is 16.6 Å². The maximum absolute atomic E-state index is 13.4. The Balaban J connectivity index is 2.42. The van der Waals surface area contributed by atoms with Gasteiger partial charge in [0.1, 0.15) is 5.01 Å². The Hall–Kier alpha value is -1.33. The molecule has 0 saturated carbocycles. The summed E-state index contributed by atoms with van der Waals surface area (Å²) >= 11 is 1.32. The van der Waals surface area contributed by atoms with Crippen LogP contribution in [0.5, 0.6) is 0 Å². The molecule has 15 heavy (non-hydrogen) atoms. The molecule has 1 heterocycles. The van der Waals surface area contributed by atoms with Gasteiger partial charge in [-0.2, -0.15) is 0 Å². The molecule has 0 spiro atoms. The molecule has 1 atom stereocenters. The summed E-state index contributed by atoms with van der Waals surface area (Å²) in [7, 11) is 0. The Bertz CT molecular complexity index is 456. The third-order valence-corrected chi connectivity index (χ3v) is 2.89. The van der Waals surface area contributed by atoms with Gasteiger partial charge in [-0.1, -0.05) is 12.1 Å². The molecule has 5 heteroatoms. The largest absolute Gasteiger partial charge is 0.318 e. The van der Waals surface area contributed by atoms with E-state index in [1.165, 1.54) is 23.5 Å². The number of nitrogens with two attached hydrogens (primary N) is 1. The molecular formula is C10H8F2N2S. The zero-order valence-electron chi connectivity index (χ0n) is 7.65. The molecule has 0 aliphatic heterocycles. The second kappa shape index (κ2) is 4.04. The molecule has 0 amide bonds. The fourth-order valence-electron chi connectivity index (χ4n) is 1.28. The number of hydrogen-bond acceptors (Lipinski definition) is 3. The molecule has 0 bridgehead atoms. The van der Waals surface area contributed by atoms with Crippen LogP contribution in [0.4, 0.5) is 8.78 Å². The Morgan fingerprint density at radius 3 is 2.80 bits per heavy atom. The van der Waals surface area contributed by atoms with Crippen LogP contribution >= 0.6 is 11.3 Å². The van der Waals surface area contributed by atoms with Crippen LogP contribution in [-0.2, 0) is 0 Å². The molecule has 78 valence electrons. The van der Waals surface area contributed by atoms with Crippen molar-refractivity contribution in [3.63, 3.8) is 0 Å². The fraction of sp³-hybridized carbons (Fsp3) is 0.100. The second-order valence-electron chi connectivity index (χ2n) is 2.99. The van der Waals surface area contributed by atoms with Gasteiger partial charge in [-0.3, -0.25) is 0 Å². The zero-order valence-corrected chi connectivity index (χ0v) is 8.47. The minimum absolute atomic E-state index is 0.130. The molecule has 0 aliphatic carbocycles. The highest BCUT2D eigenvalue weighted by Crippen LogP contribution is 2.24. The smallest absolute Gasteiger partial charge is 0.164 e. The van der Waals surface area contributed by atoms with Crippen molar-refractivity contribution in [1.82, 2.24) is 4.98 Å². The predicted octanol–water partition coefficient (Wildman–Crippen LogP) is 2.47.